The molecule has 0 N–H and O–H groups in total. The zero-order valence-electron chi connectivity index (χ0n) is 13.8. The first-order valence-corrected chi connectivity index (χ1v) is 6.89. The fraction of sp³-hybridized carbons (Fsp3) is 0.438. The second kappa shape index (κ2) is 7.56. The molecule has 0 aliphatic heterocycles. The second-order valence-corrected chi connectivity index (χ2v) is 5.67. The van der Waals surface area contributed by atoms with Crippen molar-refractivity contribution >= 4 is 17.8 Å². The summed E-state index contributed by atoms with van der Waals surface area (Å²) in [5, 5.41) is 0. The van der Waals surface area contributed by atoms with Crippen LogP contribution in [0, 0.1) is 0 Å². The number of rotatable bonds is 4. The summed E-state index contributed by atoms with van der Waals surface area (Å²) in [7, 11) is 2.34. The molecule has 124 valence electrons. The average Bonchev–Trinajstić information content (AvgIpc) is 2.50. The maximum absolute atomic E-state index is 12.2. The molecule has 0 bridgehead atoms. The van der Waals surface area contributed by atoms with E-state index in [4.69, 9.17) is 9.47 Å². The normalized spacial score (nSPS) is 11.9. The zero-order valence-corrected chi connectivity index (χ0v) is 13.8. The fourth-order valence-electron chi connectivity index (χ4n) is 1.69. The smallest absolute Gasteiger partial charge is 0.346 e. The number of nitrogens with zero attached hydrogens (tertiary/aromatic N) is 2. The van der Waals surface area contributed by atoms with Gasteiger partial charge in [0.05, 0.1) is 19.8 Å². The Morgan fingerprint density at radius 1 is 1.22 bits per heavy atom. The predicted octanol–water partition coefficient (Wildman–Crippen LogP) is 1.13. The summed E-state index contributed by atoms with van der Waals surface area (Å²) < 4.78 is 10.5. The summed E-state index contributed by atoms with van der Waals surface area (Å²) >= 11 is 0. The Balaban J connectivity index is 3.63. The van der Waals surface area contributed by atoms with Gasteiger partial charge in [0.15, 0.2) is 6.04 Å². The van der Waals surface area contributed by atoms with E-state index in [1.54, 1.807) is 26.8 Å². The molecule has 1 aromatic heterocycles. The van der Waals surface area contributed by atoms with Crippen molar-refractivity contribution in [2.75, 3.05) is 14.2 Å². The molecule has 0 radical (unpaired) electrons. The van der Waals surface area contributed by atoms with E-state index in [1.165, 1.54) is 32.5 Å². The molecule has 1 heterocycles. The van der Waals surface area contributed by atoms with Crippen LogP contribution < -0.4 is 5.56 Å². The summed E-state index contributed by atoms with van der Waals surface area (Å²) in [6, 6.07) is 3.03. The molecule has 0 aromatic carbocycles. The number of aliphatic imine (C=N–C) groups is 1. The molecule has 0 spiro atoms. The molecule has 0 saturated heterocycles. The van der Waals surface area contributed by atoms with Gasteiger partial charge in [0.1, 0.15) is 5.57 Å². The Morgan fingerprint density at radius 3 is 2.35 bits per heavy atom. The minimum absolute atomic E-state index is 0.206. The number of esters is 2. The molecule has 0 fully saturated rings. The van der Waals surface area contributed by atoms with Gasteiger partial charge >= 0.3 is 11.9 Å². The van der Waals surface area contributed by atoms with E-state index in [9.17, 15) is 14.4 Å². The summed E-state index contributed by atoms with van der Waals surface area (Å²) in [4.78, 5) is 40.4. The van der Waals surface area contributed by atoms with Crippen LogP contribution in [-0.4, -0.2) is 42.1 Å². The van der Waals surface area contributed by atoms with Gasteiger partial charge in [0.2, 0.25) is 0 Å². The molecule has 1 atom stereocenters. The van der Waals surface area contributed by atoms with Crippen LogP contribution in [0.3, 0.4) is 0 Å². The van der Waals surface area contributed by atoms with Crippen LogP contribution in [-0.2, 0) is 19.1 Å². The van der Waals surface area contributed by atoms with E-state index < -0.39 is 29.1 Å². The van der Waals surface area contributed by atoms with Gasteiger partial charge in [-0.2, -0.15) is 0 Å². The third-order valence-electron chi connectivity index (χ3n) is 2.74. The van der Waals surface area contributed by atoms with Crippen molar-refractivity contribution in [1.82, 2.24) is 4.57 Å². The Labute approximate surface area is 134 Å². The Hall–Kier alpha value is -2.66. The van der Waals surface area contributed by atoms with E-state index in [2.05, 4.69) is 10.9 Å². The van der Waals surface area contributed by atoms with Crippen molar-refractivity contribution in [2.24, 2.45) is 4.99 Å². The number of hydrogen-bond donors (Lipinski definition) is 0. The fourth-order valence-corrected chi connectivity index (χ4v) is 1.69. The number of hydrogen-bond acceptors (Lipinski definition) is 6. The van der Waals surface area contributed by atoms with Gasteiger partial charge < -0.3 is 9.47 Å². The van der Waals surface area contributed by atoms with Crippen LogP contribution in [0.25, 0.3) is 0 Å². The highest BCUT2D eigenvalue weighted by molar-refractivity contribution is 6.04. The number of aromatic nitrogens is 1. The number of methoxy groups -OCH3 is 2. The van der Waals surface area contributed by atoms with Crippen LogP contribution in [0.2, 0.25) is 0 Å². The van der Waals surface area contributed by atoms with Gasteiger partial charge in [-0.25, -0.2) is 14.6 Å². The van der Waals surface area contributed by atoms with Crippen LogP contribution in [0.1, 0.15) is 26.8 Å². The van der Waals surface area contributed by atoms with Gasteiger partial charge in [0, 0.05) is 12.3 Å². The number of carbonyl (C=O) groups is 2. The highest BCUT2D eigenvalue weighted by atomic mass is 16.5. The van der Waals surface area contributed by atoms with E-state index in [0.717, 1.165) is 4.57 Å². The Morgan fingerprint density at radius 2 is 1.87 bits per heavy atom. The van der Waals surface area contributed by atoms with Crippen LogP contribution in [0.15, 0.2) is 39.8 Å². The molecule has 1 unspecified atom stereocenters. The molecular weight excluding hydrogens is 300 g/mol. The number of carbonyl (C=O) groups excluding carboxylic acids is 2. The third-order valence-corrected chi connectivity index (χ3v) is 2.74. The van der Waals surface area contributed by atoms with Crippen molar-refractivity contribution in [3.8, 4) is 0 Å². The topological polar surface area (TPSA) is 87.0 Å². The van der Waals surface area contributed by atoms with Gasteiger partial charge in [-0.1, -0.05) is 6.07 Å². The largest absolute Gasteiger partial charge is 0.467 e. The quantitative estimate of drug-likeness (QED) is 0.471. The molecule has 23 heavy (non-hydrogen) atoms. The van der Waals surface area contributed by atoms with Gasteiger partial charge in [-0.15, -0.1) is 0 Å². The third kappa shape index (κ3) is 4.93. The first-order valence-electron chi connectivity index (χ1n) is 6.89. The lowest BCUT2D eigenvalue weighted by Crippen LogP contribution is -2.34. The van der Waals surface area contributed by atoms with Crippen molar-refractivity contribution < 1.29 is 19.1 Å². The SMILES string of the molecule is COC(=O)C(=C=NC(C)(C)C)C(C(=O)OC)n1ccccc1=O. The summed E-state index contributed by atoms with van der Waals surface area (Å²) in [6.45, 7) is 5.41. The minimum atomic E-state index is -1.33. The van der Waals surface area contributed by atoms with Crippen molar-refractivity contribution in [3.05, 3.63) is 40.3 Å². The van der Waals surface area contributed by atoms with Gasteiger partial charge in [0.25, 0.3) is 5.56 Å². The molecule has 0 amide bonds. The zero-order chi connectivity index (χ0) is 17.6. The van der Waals surface area contributed by atoms with Gasteiger partial charge in [-0.05, 0) is 32.7 Å². The molecule has 7 nitrogen and oxygen atoms in total. The lowest BCUT2D eigenvalue weighted by Gasteiger charge is -2.18. The molecule has 1 rings (SSSR count). The molecule has 0 aliphatic rings. The van der Waals surface area contributed by atoms with Crippen molar-refractivity contribution in [3.63, 3.8) is 0 Å². The lowest BCUT2D eigenvalue weighted by molar-refractivity contribution is -0.146. The highest BCUT2D eigenvalue weighted by Gasteiger charge is 2.32. The standard InChI is InChI=1S/C16H20N2O5/c1-16(2,3)17-10-11(14(20)22-4)13(15(21)23-5)18-9-7-6-8-12(18)19/h6-9,13H,1-5H3. The minimum Gasteiger partial charge on any atom is -0.467 e. The molecule has 7 heteroatoms. The van der Waals surface area contributed by atoms with E-state index in [-0.39, 0.29) is 5.57 Å². The molecule has 0 aliphatic carbocycles. The maximum atomic E-state index is 12.2. The van der Waals surface area contributed by atoms with Crippen LogP contribution in [0.5, 0.6) is 0 Å². The Kier molecular flexibility index (Phi) is 6.04. The van der Waals surface area contributed by atoms with Gasteiger partial charge in [-0.3, -0.25) is 9.36 Å². The van der Waals surface area contributed by atoms with Crippen LogP contribution >= 0.6 is 0 Å². The first-order chi connectivity index (χ1) is 10.7. The highest BCUT2D eigenvalue weighted by Crippen LogP contribution is 2.18. The monoisotopic (exact) mass is 320 g/mol. The van der Waals surface area contributed by atoms with E-state index >= 15 is 0 Å². The van der Waals surface area contributed by atoms with Crippen molar-refractivity contribution in [1.29, 1.82) is 0 Å². The summed E-state index contributed by atoms with van der Waals surface area (Å²) in [6.07, 6.45) is 1.38. The summed E-state index contributed by atoms with van der Waals surface area (Å²) in [5.74, 6) is 0.946. The molecule has 0 saturated carbocycles. The molecule has 1 aromatic rings. The number of ether oxygens (including phenoxy) is 2. The maximum Gasteiger partial charge on any atom is 0.346 e. The average molecular weight is 320 g/mol. The van der Waals surface area contributed by atoms with E-state index in [0.29, 0.717) is 0 Å². The molecular formula is C16H20N2O5. The predicted molar refractivity (Wildman–Crippen MR) is 84.5 cm³/mol. The second-order valence-electron chi connectivity index (χ2n) is 5.67. The number of pyridine rings is 1. The summed E-state index contributed by atoms with van der Waals surface area (Å²) in [5.41, 5.74) is -1.20. The first kappa shape index (κ1) is 18.4. The van der Waals surface area contributed by atoms with Crippen molar-refractivity contribution in [2.45, 2.75) is 32.4 Å². The Bertz CT molecular complexity index is 706. The van der Waals surface area contributed by atoms with Crippen LogP contribution in [0.4, 0.5) is 0 Å². The van der Waals surface area contributed by atoms with E-state index in [1.807, 2.05) is 0 Å². The lowest BCUT2D eigenvalue weighted by atomic mass is 10.1.